The van der Waals surface area contributed by atoms with Gasteiger partial charge < -0.3 is 0 Å². The lowest BCUT2D eigenvalue weighted by molar-refractivity contribution is 0.156. The lowest BCUT2D eigenvalue weighted by Crippen LogP contribution is -2.42. The molecule has 1 aliphatic carbocycles. The summed E-state index contributed by atoms with van der Waals surface area (Å²) in [5.74, 6) is 6.52. The number of nitrogens with one attached hydrogen (secondary N) is 1. The van der Waals surface area contributed by atoms with Gasteiger partial charge in [-0.15, -0.1) is 0 Å². The predicted molar refractivity (Wildman–Crippen MR) is 71.0 cm³/mol. The minimum Gasteiger partial charge on any atom is -0.271 e. The average Bonchev–Trinajstić information content (AvgIpc) is 2.25. The first-order chi connectivity index (χ1) is 7.59. The van der Waals surface area contributed by atoms with E-state index in [1.54, 1.807) is 0 Å². The van der Waals surface area contributed by atoms with Crippen molar-refractivity contribution in [3.05, 3.63) is 0 Å². The van der Waals surface area contributed by atoms with Gasteiger partial charge in [0, 0.05) is 6.04 Å². The van der Waals surface area contributed by atoms with Crippen LogP contribution in [-0.2, 0) is 0 Å². The van der Waals surface area contributed by atoms with Crippen molar-refractivity contribution < 1.29 is 0 Å². The van der Waals surface area contributed by atoms with Crippen LogP contribution in [0.3, 0.4) is 0 Å². The molecule has 0 saturated heterocycles. The summed E-state index contributed by atoms with van der Waals surface area (Å²) in [6.07, 6.45) is 10.7. The summed E-state index contributed by atoms with van der Waals surface area (Å²) in [4.78, 5) is 0. The van der Waals surface area contributed by atoms with E-state index in [9.17, 15) is 0 Å². The summed E-state index contributed by atoms with van der Waals surface area (Å²) in [7, 11) is 0. The highest BCUT2D eigenvalue weighted by atomic mass is 15.2. The minimum atomic E-state index is 0.558. The van der Waals surface area contributed by atoms with Crippen LogP contribution in [0, 0.1) is 11.3 Å². The Morgan fingerprint density at radius 2 is 1.88 bits per heavy atom. The van der Waals surface area contributed by atoms with Gasteiger partial charge in [0.25, 0.3) is 0 Å². The van der Waals surface area contributed by atoms with E-state index in [2.05, 4.69) is 26.2 Å². The fourth-order valence-electron chi connectivity index (χ4n) is 2.89. The fraction of sp³-hybridized carbons (Fsp3) is 1.00. The van der Waals surface area contributed by atoms with Crippen LogP contribution in [0.1, 0.15) is 72.1 Å². The van der Waals surface area contributed by atoms with Crippen molar-refractivity contribution in [3.8, 4) is 0 Å². The van der Waals surface area contributed by atoms with E-state index < -0.39 is 0 Å². The van der Waals surface area contributed by atoms with Gasteiger partial charge in [-0.05, 0) is 43.4 Å². The Hall–Kier alpha value is -0.0800. The molecular formula is C14H30N2. The zero-order chi connectivity index (χ0) is 12.0. The maximum absolute atomic E-state index is 5.70. The van der Waals surface area contributed by atoms with E-state index in [1.807, 2.05) is 0 Å². The van der Waals surface area contributed by atoms with E-state index in [0.717, 1.165) is 5.92 Å². The molecule has 2 heteroatoms. The number of hydrogen-bond acceptors (Lipinski definition) is 2. The van der Waals surface area contributed by atoms with E-state index in [0.29, 0.717) is 11.5 Å². The third-order valence-corrected chi connectivity index (χ3v) is 4.29. The van der Waals surface area contributed by atoms with Crippen LogP contribution >= 0.6 is 0 Å². The van der Waals surface area contributed by atoms with E-state index >= 15 is 0 Å². The Morgan fingerprint density at radius 1 is 1.25 bits per heavy atom. The molecule has 1 atom stereocenters. The number of hydrazine groups is 1. The molecule has 0 radical (unpaired) electrons. The molecule has 0 bridgehead atoms. The molecule has 0 aliphatic heterocycles. The standard InChI is InChI=1S/C14H30N2/c1-4-5-6-7-13(16-15)12-8-10-14(2,3)11-9-12/h12-13,16H,4-11,15H2,1-3H3. The summed E-state index contributed by atoms with van der Waals surface area (Å²) in [6.45, 7) is 7.05. The molecular weight excluding hydrogens is 196 g/mol. The number of nitrogens with two attached hydrogens (primary N) is 1. The maximum Gasteiger partial charge on any atom is 0.0238 e. The lowest BCUT2D eigenvalue weighted by Gasteiger charge is -2.37. The zero-order valence-corrected chi connectivity index (χ0v) is 11.4. The van der Waals surface area contributed by atoms with Crippen molar-refractivity contribution in [2.75, 3.05) is 0 Å². The summed E-state index contributed by atoms with van der Waals surface area (Å²) >= 11 is 0. The Labute approximate surface area is 101 Å². The predicted octanol–water partition coefficient (Wildman–Crippen LogP) is 3.62. The van der Waals surface area contributed by atoms with E-state index in [1.165, 1.54) is 51.4 Å². The molecule has 3 N–H and O–H groups in total. The van der Waals surface area contributed by atoms with Gasteiger partial charge in [0.05, 0.1) is 0 Å². The van der Waals surface area contributed by atoms with Crippen molar-refractivity contribution in [1.29, 1.82) is 0 Å². The van der Waals surface area contributed by atoms with Gasteiger partial charge in [0.1, 0.15) is 0 Å². The largest absolute Gasteiger partial charge is 0.271 e. The highest BCUT2D eigenvalue weighted by Crippen LogP contribution is 2.39. The van der Waals surface area contributed by atoms with Gasteiger partial charge in [-0.3, -0.25) is 11.3 Å². The third kappa shape index (κ3) is 4.42. The Balaban J connectivity index is 2.31. The van der Waals surface area contributed by atoms with Gasteiger partial charge in [0.2, 0.25) is 0 Å². The second kappa shape index (κ2) is 6.61. The Kier molecular flexibility index (Phi) is 5.77. The molecule has 0 spiro atoms. The smallest absolute Gasteiger partial charge is 0.0238 e. The first-order valence-electron chi connectivity index (χ1n) is 7.05. The van der Waals surface area contributed by atoms with E-state index in [4.69, 9.17) is 5.84 Å². The first kappa shape index (κ1) is 14.0. The van der Waals surface area contributed by atoms with Crippen LogP contribution in [0.15, 0.2) is 0 Å². The SMILES string of the molecule is CCCCCC(NN)C1CCC(C)(C)CC1. The quantitative estimate of drug-likeness (QED) is 0.412. The summed E-state index contributed by atoms with van der Waals surface area (Å²) in [6, 6.07) is 0.558. The molecule has 0 aromatic heterocycles. The molecule has 96 valence electrons. The van der Waals surface area contributed by atoms with E-state index in [-0.39, 0.29) is 0 Å². The van der Waals surface area contributed by atoms with Gasteiger partial charge in [0.15, 0.2) is 0 Å². The highest BCUT2D eigenvalue weighted by Gasteiger charge is 2.30. The highest BCUT2D eigenvalue weighted by molar-refractivity contribution is 4.84. The molecule has 2 nitrogen and oxygen atoms in total. The second-order valence-electron chi connectivity index (χ2n) is 6.27. The monoisotopic (exact) mass is 226 g/mol. The minimum absolute atomic E-state index is 0.558. The van der Waals surface area contributed by atoms with Crippen LogP contribution < -0.4 is 11.3 Å². The van der Waals surface area contributed by atoms with Crippen molar-refractivity contribution in [1.82, 2.24) is 5.43 Å². The molecule has 16 heavy (non-hydrogen) atoms. The number of unbranched alkanes of at least 4 members (excludes halogenated alkanes) is 2. The zero-order valence-electron chi connectivity index (χ0n) is 11.4. The molecule has 1 aliphatic rings. The molecule has 1 saturated carbocycles. The average molecular weight is 226 g/mol. The molecule has 0 aromatic rings. The summed E-state index contributed by atoms with van der Waals surface area (Å²) in [5.41, 5.74) is 3.63. The Morgan fingerprint density at radius 3 is 2.38 bits per heavy atom. The van der Waals surface area contributed by atoms with Crippen LogP contribution in [-0.4, -0.2) is 6.04 Å². The van der Waals surface area contributed by atoms with Crippen molar-refractivity contribution in [2.24, 2.45) is 17.2 Å². The molecule has 1 rings (SSSR count). The van der Waals surface area contributed by atoms with Crippen molar-refractivity contribution >= 4 is 0 Å². The van der Waals surface area contributed by atoms with Gasteiger partial charge in [-0.1, -0.05) is 40.0 Å². The third-order valence-electron chi connectivity index (χ3n) is 4.29. The van der Waals surface area contributed by atoms with Crippen LogP contribution in [0.25, 0.3) is 0 Å². The summed E-state index contributed by atoms with van der Waals surface area (Å²) in [5, 5.41) is 0. The van der Waals surface area contributed by atoms with Crippen LogP contribution in [0.5, 0.6) is 0 Å². The van der Waals surface area contributed by atoms with Gasteiger partial charge in [-0.2, -0.15) is 0 Å². The fourth-order valence-corrected chi connectivity index (χ4v) is 2.89. The van der Waals surface area contributed by atoms with Crippen molar-refractivity contribution in [2.45, 2.75) is 78.2 Å². The lowest BCUT2D eigenvalue weighted by atomic mass is 9.70. The molecule has 0 heterocycles. The molecule has 1 unspecified atom stereocenters. The van der Waals surface area contributed by atoms with Crippen molar-refractivity contribution in [3.63, 3.8) is 0 Å². The van der Waals surface area contributed by atoms with Crippen LogP contribution in [0.4, 0.5) is 0 Å². The topological polar surface area (TPSA) is 38.0 Å². The van der Waals surface area contributed by atoms with Crippen LogP contribution in [0.2, 0.25) is 0 Å². The molecule has 0 aromatic carbocycles. The Bertz CT molecular complexity index is 179. The summed E-state index contributed by atoms with van der Waals surface area (Å²) < 4.78 is 0. The molecule has 0 amide bonds. The molecule has 1 fully saturated rings. The number of hydrogen-bond donors (Lipinski definition) is 2. The van der Waals surface area contributed by atoms with Gasteiger partial charge in [-0.25, -0.2) is 0 Å². The van der Waals surface area contributed by atoms with Gasteiger partial charge >= 0.3 is 0 Å². The maximum atomic E-state index is 5.70. The normalized spacial score (nSPS) is 23.2. The number of rotatable bonds is 6. The second-order valence-corrected chi connectivity index (χ2v) is 6.27. The first-order valence-corrected chi connectivity index (χ1v) is 7.05.